The van der Waals surface area contributed by atoms with Crippen molar-refractivity contribution < 1.29 is 14.6 Å². The smallest absolute Gasteiger partial charge is 0.322 e. The number of aliphatic hydroxyl groups excluding tert-OH is 1. The molecule has 0 saturated carbocycles. The summed E-state index contributed by atoms with van der Waals surface area (Å²) in [4.78, 5) is 13.8. The number of benzene rings is 1. The Morgan fingerprint density at radius 2 is 2.37 bits per heavy atom. The molecule has 0 radical (unpaired) electrons. The van der Waals surface area contributed by atoms with Crippen LogP contribution in [0.2, 0.25) is 0 Å². The number of urea groups is 1. The normalized spacial score (nSPS) is 23.2. The molecule has 1 aromatic carbocycles. The molecule has 1 aliphatic rings. The van der Waals surface area contributed by atoms with Gasteiger partial charge >= 0.3 is 6.03 Å². The molecule has 2 amide bonds. The number of ether oxygens (including phenoxy) is 1. The molecule has 104 valence electrons. The third kappa shape index (κ3) is 3.59. The van der Waals surface area contributed by atoms with E-state index < -0.39 is 0 Å². The Hall–Kier alpha value is -1.79. The van der Waals surface area contributed by atoms with Crippen molar-refractivity contribution in [3.63, 3.8) is 0 Å². The van der Waals surface area contributed by atoms with E-state index in [2.05, 4.69) is 5.32 Å². The van der Waals surface area contributed by atoms with Gasteiger partial charge < -0.3 is 25.8 Å². The average molecular weight is 265 g/mol. The van der Waals surface area contributed by atoms with Crippen LogP contribution in [-0.2, 0) is 4.74 Å². The van der Waals surface area contributed by atoms with Crippen LogP contribution in [0.1, 0.15) is 6.92 Å². The van der Waals surface area contributed by atoms with Crippen LogP contribution in [0, 0.1) is 0 Å². The molecule has 1 fully saturated rings. The van der Waals surface area contributed by atoms with Gasteiger partial charge in [-0.3, -0.25) is 0 Å². The molecule has 0 spiro atoms. The van der Waals surface area contributed by atoms with Crippen molar-refractivity contribution >= 4 is 17.4 Å². The molecule has 0 aliphatic carbocycles. The maximum atomic E-state index is 12.1. The van der Waals surface area contributed by atoms with Gasteiger partial charge in [0.25, 0.3) is 0 Å². The molecule has 6 heteroatoms. The van der Waals surface area contributed by atoms with Crippen molar-refractivity contribution in [1.29, 1.82) is 0 Å². The zero-order chi connectivity index (χ0) is 13.8. The van der Waals surface area contributed by atoms with Crippen molar-refractivity contribution in [2.24, 2.45) is 0 Å². The molecule has 1 aromatic rings. The van der Waals surface area contributed by atoms with Crippen molar-refractivity contribution in [1.82, 2.24) is 4.90 Å². The first-order valence-electron chi connectivity index (χ1n) is 6.26. The maximum Gasteiger partial charge on any atom is 0.322 e. The highest BCUT2D eigenvalue weighted by Gasteiger charge is 2.27. The van der Waals surface area contributed by atoms with Gasteiger partial charge in [-0.25, -0.2) is 4.79 Å². The van der Waals surface area contributed by atoms with Gasteiger partial charge in [-0.2, -0.15) is 0 Å². The van der Waals surface area contributed by atoms with E-state index in [1.807, 2.05) is 6.92 Å². The molecule has 0 aromatic heterocycles. The van der Waals surface area contributed by atoms with Crippen LogP contribution in [0.25, 0.3) is 0 Å². The highest BCUT2D eigenvalue weighted by atomic mass is 16.5. The Labute approximate surface area is 112 Å². The van der Waals surface area contributed by atoms with Gasteiger partial charge in [0, 0.05) is 17.9 Å². The molecule has 2 unspecified atom stereocenters. The number of nitrogens with one attached hydrogen (secondary N) is 1. The van der Waals surface area contributed by atoms with Crippen molar-refractivity contribution in [2.75, 3.05) is 30.7 Å². The summed E-state index contributed by atoms with van der Waals surface area (Å²) in [5.41, 5.74) is 6.92. The monoisotopic (exact) mass is 265 g/mol. The standard InChI is InChI=1S/C13H19N3O3/c1-9-6-16(7-12(8-17)19-9)13(18)15-11-4-2-3-10(14)5-11/h2-5,9,12,17H,6-8,14H2,1H3,(H,15,18). The lowest BCUT2D eigenvalue weighted by atomic mass is 10.2. The van der Waals surface area contributed by atoms with Gasteiger partial charge in [-0.15, -0.1) is 0 Å². The highest BCUT2D eigenvalue weighted by Crippen LogP contribution is 2.15. The van der Waals surface area contributed by atoms with Crippen molar-refractivity contribution in [2.45, 2.75) is 19.1 Å². The van der Waals surface area contributed by atoms with Gasteiger partial charge in [-0.05, 0) is 25.1 Å². The number of carbonyl (C=O) groups is 1. The van der Waals surface area contributed by atoms with Crippen LogP contribution in [0.15, 0.2) is 24.3 Å². The van der Waals surface area contributed by atoms with E-state index in [-0.39, 0.29) is 24.8 Å². The van der Waals surface area contributed by atoms with Gasteiger partial charge in [-0.1, -0.05) is 6.07 Å². The lowest BCUT2D eigenvalue weighted by Gasteiger charge is -2.36. The predicted molar refractivity (Wildman–Crippen MR) is 72.9 cm³/mol. The number of nitrogens with zero attached hydrogens (tertiary/aromatic N) is 1. The third-order valence-corrected chi connectivity index (χ3v) is 2.96. The van der Waals surface area contributed by atoms with Gasteiger partial charge in [0.05, 0.1) is 25.4 Å². The molecule has 0 bridgehead atoms. The fourth-order valence-electron chi connectivity index (χ4n) is 2.13. The molecular formula is C13H19N3O3. The number of hydrogen-bond acceptors (Lipinski definition) is 4. The van der Waals surface area contributed by atoms with Crippen LogP contribution in [0.3, 0.4) is 0 Å². The van der Waals surface area contributed by atoms with E-state index in [9.17, 15) is 4.79 Å². The molecule has 2 rings (SSSR count). The number of rotatable bonds is 2. The summed E-state index contributed by atoms with van der Waals surface area (Å²) in [6, 6.07) is 6.81. The summed E-state index contributed by atoms with van der Waals surface area (Å²) in [6.45, 7) is 2.68. The van der Waals surface area contributed by atoms with Crippen LogP contribution < -0.4 is 11.1 Å². The van der Waals surface area contributed by atoms with Crippen LogP contribution >= 0.6 is 0 Å². The fourth-order valence-corrected chi connectivity index (χ4v) is 2.13. The van der Waals surface area contributed by atoms with Crippen LogP contribution in [0.5, 0.6) is 0 Å². The molecule has 1 saturated heterocycles. The first-order valence-corrected chi connectivity index (χ1v) is 6.26. The molecule has 6 nitrogen and oxygen atoms in total. The summed E-state index contributed by atoms with van der Waals surface area (Å²) in [5.74, 6) is 0. The first kappa shape index (κ1) is 13.6. The fraction of sp³-hybridized carbons (Fsp3) is 0.462. The van der Waals surface area contributed by atoms with Crippen molar-refractivity contribution in [3.05, 3.63) is 24.3 Å². The van der Waals surface area contributed by atoms with E-state index in [4.69, 9.17) is 15.6 Å². The number of anilines is 2. The Kier molecular flexibility index (Phi) is 4.24. The van der Waals surface area contributed by atoms with E-state index >= 15 is 0 Å². The Bertz CT molecular complexity index is 453. The first-order chi connectivity index (χ1) is 9.08. The zero-order valence-electron chi connectivity index (χ0n) is 10.9. The van der Waals surface area contributed by atoms with E-state index in [0.29, 0.717) is 24.5 Å². The van der Waals surface area contributed by atoms with Crippen LogP contribution in [0.4, 0.5) is 16.2 Å². The number of morpholine rings is 1. The Morgan fingerprint density at radius 1 is 1.58 bits per heavy atom. The highest BCUT2D eigenvalue weighted by molar-refractivity contribution is 5.89. The third-order valence-electron chi connectivity index (χ3n) is 2.96. The van der Waals surface area contributed by atoms with E-state index in [1.54, 1.807) is 29.2 Å². The number of aliphatic hydroxyl groups is 1. The molecule has 2 atom stereocenters. The minimum absolute atomic E-state index is 0.0857. The second-order valence-electron chi connectivity index (χ2n) is 4.71. The average Bonchev–Trinajstić information content (AvgIpc) is 2.38. The van der Waals surface area contributed by atoms with Gasteiger partial charge in [0.1, 0.15) is 0 Å². The van der Waals surface area contributed by atoms with Crippen LogP contribution in [-0.4, -0.2) is 47.9 Å². The summed E-state index contributed by atoms with van der Waals surface area (Å²) in [6.07, 6.45) is -0.409. The lowest BCUT2D eigenvalue weighted by Crippen LogP contribution is -2.51. The maximum absolute atomic E-state index is 12.1. The second-order valence-corrected chi connectivity index (χ2v) is 4.71. The largest absolute Gasteiger partial charge is 0.399 e. The molecular weight excluding hydrogens is 246 g/mol. The number of nitrogen functional groups attached to an aromatic ring is 1. The molecule has 1 aliphatic heterocycles. The SMILES string of the molecule is CC1CN(C(=O)Nc2cccc(N)c2)CC(CO)O1. The summed E-state index contributed by atoms with van der Waals surface area (Å²) < 4.78 is 5.49. The lowest BCUT2D eigenvalue weighted by molar-refractivity contribution is -0.0822. The van der Waals surface area contributed by atoms with E-state index in [1.165, 1.54) is 0 Å². The summed E-state index contributed by atoms with van der Waals surface area (Å²) in [5, 5.41) is 11.9. The number of carbonyl (C=O) groups excluding carboxylic acids is 1. The quantitative estimate of drug-likeness (QED) is 0.693. The minimum Gasteiger partial charge on any atom is -0.399 e. The minimum atomic E-state index is -0.324. The predicted octanol–water partition coefficient (Wildman–Crippen LogP) is 0.882. The number of hydrogen-bond donors (Lipinski definition) is 3. The summed E-state index contributed by atoms with van der Waals surface area (Å²) in [7, 11) is 0. The van der Waals surface area contributed by atoms with Crippen molar-refractivity contribution in [3.8, 4) is 0 Å². The number of nitrogens with two attached hydrogens (primary N) is 1. The molecule has 19 heavy (non-hydrogen) atoms. The molecule has 1 heterocycles. The van der Waals surface area contributed by atoms with Gasteiger partial charge in [0.2, 0.25) is 0 Å². The number of amides is 2. The Morgan fingerprint density at radius 3 is 3.05 bits per heavy atom. The van der Waals surface area contributed by atoms with Gasteiger partial charge in [0.15, 0.2) is 0 Å². The summed E-state index contributed by atoms with van der Waals surface area (Å²) >= 11 is 0. The zero-order valence-corrected chi connectivity index (χ0v) is 10.9. The Balaban J connectivity index is 1.99. The molecule has 4 N–H and O–H groups in total. The topological polar surface area (TPSA) is 87.8 Å². The van der Waals surface area contributed by atoms with E-state index in [0.717, 1.165) is 0 Å². The second kappa shape index (κ2) is 5.90.